The maximum atomic E-state index is 5.38. The molecule has 1 aliphatic heterocycles. The number of benzene rings is 1. The molecule has 2 heterocycles. The Bertz CT molecular complexity index is 841. The number of methoxy groups -OCH3 is 1. The van der Waals surface area contributed by atoms with E-state index >= 15 is 0 Å². The summed E-state index contributed by atoms with van der Waals surface area (Å²) in [5.41, 5.74) is 1.11. The first kappa shape index (κ1) is 26.4. The van der Waals surface area contributed by atoms with E-state index in [-0.39, 0.29) is 35.4 Å². The Morgan fingerprint density at radius 2 is 1.88 bits per heavy atom. The molecule has 8 nitrogen and oxygen atoms in total. The van der Waals surface area contributed by atoms with Crippen LogP contribution in [0.4, 0.5) is 0 Å². The van der Waals surface area contributed by atoms with Crippen molar-refractivity contribution in [3.05, 3.63) is 41.5 Å². The molecule has 1 unspecified atom stereocenters. The third-order valence-corrected chi connectivity index (χ3v) is 5.38. The Morgan fingerprint density at radius 1 is 1.19 bits per heavy atom. The van der Waals surface area contributed by atoms with Gasteiger partial charge in [-0.05, 0) is 50.6 Å². The van der Waals surface area contributed by atoms with Crippen molar-refractivity contribution in [1.29, 1.82) is 0 Å². The molecule has 0 amide bonds. The summed E-state index contributed by atoms with van der Waals surface area (Å²) in [6, 6.07) is 8.64. The van der Waals surface area contributed by atoms with Gasteiger partial charge in [-0.25, -0.2) is 4.99 Å². The summed E-state index contributed by atoms with van der Waals surface area (Å²) in [4.78, 5) is 11.7. The van der Waals surface area contributed by atoms with E-state index in [1.807, 2.05) is 12.1 Å². The van der Waals surface area contributed by atoms with Gasteiger partial charge >= 0.3 is 0 Å². The molecule has 3 rings (SSSR count). The van der Waals surface area contributed by atoms with Crippen LogP contribution in [-0.2, 0) is 12.0 Å². The lowest BCUT2D eigenvalue weighted by molar-refractivity contribution is 0.245. The minimum atomic E-state index is -0.168. The van der Waals surface area contributed by atoms with Gasteiger partial charge in [0.05, 0.1) is 13.2 Å². The van der Waals surface area contributed by atoms with Crippen LogP contribution in [0.3, 0.4) is 0 Å². The number of guanidine groups is 1. The van der Waals surface area contributed by atoms with Crippen LogP contribution >= 0.6 is 24.0 Å². The first-order valence-electron chi connectivity index (χ1n) is 11.1. The summed E-state index contributed by atoms with van der Waals surface area (Å²) in [6.45, 7) is 12.4. The fourth-order valence-corrected chi connectivity index (χ4v) is 3.64. The second-order valence-electron chi connectivity index (χ2n) is 8.87. The molecule has 0 saturated carbocycles. The van der Waals surface area contributed by atoms with Gasteiger partial charge in [-0.2, -0.15) is 4.98 Å². The van der Waals surface area contributed by atoms with Crippen molar-refractivity contribution in [1.82, 2.24) is 25.7 Å². The Labute approximate surface area is 208 Å². The number of aromatic nitrogens is 2. The van der Waals surface area contributed by atoms with Gasteiger partial charge < -0.3 is 19.9 Å². The van der Waals surface area contributed by atoms with Crippen LogP contribution in [0.1, 0.15) is 63.9 Å². The number of ether oxygens (including phenoxy) is 1. The van der Waals surface area contributed by atoms with Crippen molar-refractivity contribution >= 4 is 29.9 Å². The Hall–Kier alpha value is -1.88. The molecule has 0 bridgehead atoms. The van der Waals surface area contributed by atoms with Crippen molar-refractivity contribution in [2.24, 2.45) is 4.99 Å². The normalized spacial score (nSPS) is 15.8. The van der Waals surface area contributed by atoms with Crippen molar-refractivity contribution in [3.63, 3.8) is 0 Å². The summed E-state index contributed by atoms with van der Waals surface area (Å²) >= 11 is 0. The summed E-state index contributed by atoms with van der Waals surface area (Å²) in [5, 5.41) is 10.9. The number of rotatable bonds is 8. The van der Waals surface area contributed by atoms with Crippen LogP contribution in [0, 0.1) is 0 Å². The van der Waals surface area contributed by atoms with E-state index in [4.69, 9.17) is 9.26 Å². The maximum absolute atomic E-state index is 5.38. The molecule has 178 valence electrons. The lowest BCUT2D eigenvalue weighted by Gasteiger charge is -2.29. The van der Waals surface area contributed by atoms with Crippen LogP contribution in [0.15, 0.2) is 33.8 Å². The van der Waals surface area contributed by atoms with Gasteiger partial charge in [-0.1, -0.05) is 38.1 Å². The highest BCUT2D eigenvalue weighted by molar-refractivity contribution is 14.0. The fraction of sp³-hybridized carbons (Fsp3) is 0.609. The van der Waals surface area contributed by atoms with Crippen LogP contribution < -0.4 is 15.4 Å². The minimum Gasteiger partial charge on any atom is -0.497 e. The fourth-order valence-electron chi connectivity index (χ4n) is 3.64. The van der Waals surface area contributed by atoms with E-state index in [9.17, 15) is 0 Å². The zero-order valence-corrected chi connectivity index (χ0v) is 22.2. The maximum Gasteiger partial charge on any atom is 0.232 e. The highest BCUT2D eigenvalue weighted by Crippen LogP contribution is 2.26. The first-order valence-corrected chi connectivity index (χ1v) is 11.1. The second kappa shape index (κ2) is 12.4. The van der Waals surface area contributed by atoms with Crippen molar-refractivity contribution < 1.29 is 9.26 Å². The van der Waals surface area contributed by atoms with Crippen LogP contribution in [0.25, 0.3) is 0 Å². The van der Waals surface area contributed by atoms with Gasteiger partial charge in [-0.15, -0.1) is 24.0 Å². The number of halogens is 1. The zero-order chi connectivity index (χ0) is 22.3. The lowest BCUT2D eigenvalue weighted by Crippen LogP contribution is -2.42. The monoisotopic (exact) mass is 556 g/mol. The Morgan fingerprint density at radius 3 is 2.44 bits per heavy atom. The van der Waals surface area contributed by atoms with Gasteiger partial charge in [0.1, 0.15) is 12.3 Å². The highest BCUT2D eigenvalue weighted by Gasteiger charge is 2.24. The van der Waals surface area contributed by atoms with Crippen LogP contribution in [0.5, 0.6) is 5.75 Å². The van der Waals surface area contributed by atoms with Crippen molar-refractivity contribution in [2.75, 3.05) is 33.3 Å². The van der Waals surface area contributed by atoms with Crippen molar-refractivity contribution in [2.45, 2.75) is 58.5 Å². The molecule has 1 aromatic carbocycles. The topological polar surface area (TPSA) is 87.8 Å². The molecule has 1 atom stereocenters. The zero-order valence-electron chi connectivity index (χ0n) is 19.9. The molecule has 1 fully saturated rings. The molecule has 1 saturated heterocycles. The molecular formula is C23H37IN6O2. The molecular weight excluding hydrogens is 519 g/mol. The van der Waals surface area contributed by atoms with Gasteiger partial charge in [0.15, 0.2) is 11.8 Å². The summed E-state index contributed by atoms with van der Waals surface area (Å²) in [7, 11) is 1.70. The Kier molecular flexibility index (Phi) is 10.2. The number of aliphatic imine (C=N–C) groups is 1. The van der Waals surface area contributed by atoms with Gasteiger partial charge in [0.25, 0.3) is 0 Å². The average molecular weight is 556 g/mol. The molecule has 0 radical (unpaired) electrons. The molecule has 0 spiro atoms. The van der Waals surface area contributed by atoms with Crippen LogP contribution in [0.2, 0.25) is 0 Å². The van der Waals surface area contributed by atoms with Crippen molar-refractivity contribution in [3.8, 4) is 5.75 Å². The highest BCUT2D eigenvalue weighted by atomic mass is 127. The molecule has 2 aromatic rings. The number of hydrogen-bond donors (Lipinski definition) is 2. The summed E-state index contributed by atoms with van der Waals surface area (Å²) in [5.74, 6) is 2.85. The molecule has 1 aliphatic rings. The molecule has 2 N–H and O–H groups in total. The molecule has 1 aromatic heterocycles. The predicted octanol–water partition coefficient (Wildman–Crippen LogP) is 3.89. The lowest BCUT2D eigenvalue weighted by atomic mass is 9.97. The smallest absolute Gasteiger partial charge is 0.232 e. The minimum absolute atomic E-state index is 0. The first-order chi connectivity index (χ1) is 14.9. The number of hydrogen-bond acceptors (Lipinski definition) is 6. The molecule has 0 aliphatic carbocycles. The molecule has 9 heteroatoms. The van der Waals surface area contributed by atoms with E-state index in [2.05, 4.69) is 70.5 Å². The quantitative estimate of drug-likeness (QED) is 0.290. The summed E-state index contributed by atoms with van der Waals surface area (Å²) < 4.78 is 10.7. The Balaban J connectivity index is 0.00000363. The number of nitrogens with one attached hydrogen (secondary N) is 2. The average Bonchev–Trinajstić information content (AvgIpc) is 3.44. The summed E-state index contributed by atoms with van der Waals surface area (Å²) in [6.07, 6.45) is 2.49. The number of likely N-dealkylation sites (tertiary alicyclic amines) is 1. The van der Waals surface area contributed by atoms with Crippen LogP contribution in [-0.4, -0.2) is 54.3 Å². The van der Waals surface area contributed by atoms with Gasteiger partial charge in [-0.3, -0.25) is 4.90 Å². The third kappa shape index (κ3) is 7.33. The van der Waals surface area contributed by atoms with E-state index in [0.29, 0.717) is 18.3 Å². The van der Waals surface area contributed by atoms with E-state index in [1.54, 1.807) is 7.11 Å². The number of nitrogens with zero attached hydrogens (tertiary/aromatic N) is 4. The van der Waals surface area contributed by atoms with E-state index in [0.717, 1.165) is 37.9 Å². The molecule has 32 heavy (non-hydrogen) atoms. The SMILES string of the molecule is CCNC(=NCc1noc(C(C)(C)C)n1)NCC(c1ccc(OC)cc1)N1CCCC1.I. The standard InChI is InChI=1S/C23H36N6O2.HI/c1-6-24-22(26-16-20-27-21(31-28-20)23(2,3)4)25-15-19(29-13-7-8-14-29)17-9-11-18(30-5)12-10-17;/h9-12,19H,6-8,13-16H2,1-5H3,(H2,24,25,26);1H. The predicted molar refractivity (Wildman–Crippen MR) is 138 cm³/mol. The van der Waals surface area contributed by atoms with E-state index in [1.165, 1.54) is 18.4 Å². The van der Waals surface area contributed by atoms with Gasteiger partial charge in [0, 0.05) is 18.5 Å². The largest absolute Gasteiger partial charge is 0.497 e. The van der Waals surface area contributed by atoms with E-state index < -0.39 is 0 Å². The van der Waals surface area contributed by atoms with Gasteiger partial charge in [0.2, 0.25) is 5.89 Å². The third-order valence-electron chi connectivity index (χ3n) is 5.38. The second-order valence-corrected chi connectivity index (χ2v) is 8.87.